The highest BCUT2D eigenvalue weighted by Crippen LogP contribution is 2.31. The molecule has 0 aromatic heterocycles. The molecular weight excluding hydrogens is 387 g/mol. The zero-order valence-electron chi connectivity index (χ0n) is 11.8. The second kappa shape index (κ2) is 7.33. The van der Waals surface area contributed by atoms with Gasteiger partial charge in [0.15, 0.2) is 0 Å². The third-order valence-electron chi connectivity index (χ3n) is 4.18. The topological polar surface area (TPSA) is 83.6 Å². The number of nitrogens with zero attached hydrogens (tertiary/aromatic N) is 1. The van der Waals surface area contributed by atoms with E-state index in [-0.39, 0.29) is 42.4 Å². The summed E-state index contributed by atoms with van der Waals surface area (Å²) < 4.78 is 0.449. The molecule has 1 aliphatic heterocycles. The van der Waals surface area contributed by atoms with Gasteiger partial charge in [-0.2, -0.15) is 0 Å². The van der Waals surface area contributed by atoms with E-state index in [1.807, 2.05) is 22.6 Å². The Hall–Kier alpha value is -0.990. The fourth-order valence-electron chi connectivity index (χ4n) is 2.92. The van der Waals surface area contributed by atoms with Crippen LogP contribution in [-0.4, -0.2) is 39.5 Å². The van der Waals surface area contributed by atoms with E-state index >= 15 is 0 Å². The number of hydrogen-bond acceptors (Lipinski definition) is 4. The van der Waals surface area contributed by atoms with Gasteiger partial charge < -0.3 is 5.32 Å². The molecule has 7 heteroatoms. The fourth-order valence-corrected chi connectivity index (χ4v) is 3.19. The maximum absolute atomic E-state index is 12.3. The zero-order valence-corrected chi connectivity index (χ0v) is 13.9. The van der Waals surface area contributed by atoms with Gasteiger partial charge in [0, 0.05) is 25.3 Å². The number of alkyl halides is 1. The van der Waals surface area contributed by atoms with Crippen LogP contribution in [0.5, 0.6) is 0 Å². The van der Waals surface area contributed by atoms with E-state index in [1.165, 1.54) is 0 Å². The van der Waals surface area contributed by atoms with Crippen molar-refractivity contribution in [2.45, 2.75) is 38.5 Å². The average Bonchev–Trinajstić information content (AvgIpc) is 2.83. The van der Waals surface area contributed by atoms with Crippen LogP contribution < -0.4 is 5.32 Å². The lowest BCUT2D eigenvalue weighted by molar-refractivity contribution is -0.152. The number of amides is 4. The Morgan fingerprint density at radius 3 is 2.19 bits per heavy atom. The summed E-state index contributed by atoms with van der Waals surface area (Å²) in [6.07, 6.45) is 3.36. The first kappa shape index (κ1) is 16.4. The summed E-state index contributed by atoms with van der Waals surface area (Å²) in [7, 11) is 0. The summed E-state index contributed by atoms with van der Waals surface area (Å²) in [5.41, 5.74) is 0. The van der Waals surface area contributed by atoms with E-state index in [0.717, 1.165) is 17.7 Å². The predicted molar refractivity (Wildman–Crippen MR) is 83.4 cm³/mol. The van der Waals surface area contributed by atoms with E-state index in [4.69, 9.17) is 0 Å². The Morgan fingerprint density at radius 1 is 1.10 bits per heavy atom. The zero-order chi connectivity index (χ0) is 15.4. The Kier molecular flexibility index (Phi) is 5.72. The van der Waals surface area contributed by atoms with Gasteiger partial charge in [-0.25, -0.2) is 4.90 Å². The minimum Gasteiger partial charge on any atom is -0.355 e. The molecule has 0 bridgehead atoms. The minimum atomic E-state index is -0.360. The smallest absolute Gasteiger partial charge is 0.239 e. The van der Waals surface area contributed by atoms with Crippen molar-refractivity contribution >= 4 is 46.2 Å². The van der Waals surface area contributed by atoms with Gasteiger partial charge in [-0.3, -0.25) is 19.2 Å². The molecule has 0 spiro atoms. The Morgan fingerprint density at radius 2 is 1.67 bits per heavy atom. The minimum absolute atomic E-state index is 0.0297. The lowest BCUT2D eigenvalue weighted by Crippen LogP contribution is -2.41. The summed E-state index contributed by atoms with van der Waals surface area (Å²) in [6, 6.07) is 0. The molecular formula is C14H19IN2O4. The Bertz CT molecular complexity index is 442. The number of hydrogen-bond donors (Lipinski definition) is 1. The first-order valence-corrected chi connectivity index (χ1v) is 8.77. The van der Waals surface area contributed by atoms with Crippen molar-refractivity contribution < 1.29 is 19.2 Å². The first-order valence-electron chi connectivity index (χ1n) is 7.25. The van der Waals surface area contributed by atoms with Crippen molar-refractivity contribution in [2.24, 2.45) is 11.8 Å². The molecule has 2 aliphatic rings. The predicted octanol–water partition coefficient (Wildman–Crippen LogP) is 1.02. The van der Waals surface area contributed by atoms with Gasteiger partial charge in [-0.05, 0) is 31.6 Å². The standard InChI is InChI=1S/C14H19IN2O4/c15-7-11(18)16-8-9-1-3-10(4-2-9)14(21)17-12(19)5-6-13(17)20/h9-10H,1-8H2,(H,16,18). The van der Waals surface area contributed by atoms with E-state index in [1.54, 1.807) is 0 Å². The molecule has 0 aromatic carbocycles. The molecule has 0 atom stereocenters. The monoisotopic (exact) mass is 406 g/mol. The highest BCUT2D eigenvalue weighted by molar-refractivity contribution is 14.1. The van der Waals surface area contributed by atoms with Crippen molar-refractivity contribution in [1.82, 2.24) is 10.2 Å². The van der Waals surface area contributed by atoms with Crippen molar-refractivity contribution in [2.75, 3.05) is 11.0 Å². The number of halogens is 1. The van der Waals surface area contributed by atoms with Crippen molar-refractivity contribution in [3.63, 3.8) is 0 Å². The highest BCUT2D eigenvalue weighted by Gasteiger charge is 2.39. The molecule has 1 N–H and O–H groups in total. The number of carbonyl (C=O) groups excluding carboxylic acids is 4. The van der Waals surface area contributed by atoms with E-state index in [2.05, 4.69) is 5.32 Å². The molecule has 1 saturated heterocycles. The van der Waals surface area contributed by atoms with Gasteiger partial charge in [0.2, 0.25) is 23.6 Å². The SMILES string of the molecule is O=C(CI)NCC1CCC(C(=O)N2C(=O)CCC2=O)CC1. The molecule has 4 amide bonds. The van der Waals surface area contributed by atoms with Crippen LogP contribution in [0, 0.1) is 11.8 Å². The molecule has 0 radical (unpaired) electrons. The third-order valence-corrected chi connectivity index (χ3v) is 4.87. The number of rotatable bonds is 4. The summed E-state index contributed by atoms with van der Waals surface area (Å²) in [5.74, 6) is -0.861. The van der Waals surface area contributed by atoms with Gasteiger partial charge in [0.05, 0.1) is 4.43 Å². The molecule has 6 nitrogen and oxygen atoms in total. The van der Waals surface area contributed by atoms with Crippen molar-refractivity contribution in [1.29, 1.82) is 0 Å². The Labute approximate surface area is 137 Å². The third kappa shape index (κ3) is 4.02. The summed E-state index contributed by atoms with van der Waals surface area (Å²) in [5, 5.41) is 2.87. The second-order valence-electron chi connectivity index (χ2n) is 5.62. The van der Waals surface area contributed by atoms with E-state index in [9.17, 15) is 19.2 Å². The van der Waals surface area contributed by atoms with Gasteiger partial charge in [0.25, 0.3) is 0 Å². The molecule has 1 aliphatic carbocycles. The maximum Gasteiger partial charge on any atom is 0.239 e. The molecule has 0 aromatic rings. The maximum atomic E-state index is 12.3. The first-order chi connectivity index (χ1) is 10.0. The van der Waals surface area contributed by atoms with Crippen LogP contribution in [0.2, 0.25) is 0 Å². The van der Waals surface area contributed by atoms with Crippen LogP contribution in [0.1, 0.15) is 38.5 Å². The summed E-state index contributed by atoms with van der Waals surface area (Å²) >= 11 is 2.02. The second-order valence-corrected chi connectivity index (χ2v) is 6.38. The van der Waals surface area contributed by atoms with Crippen LogP contribution in [0.15, 0.2) is 0 Å². The van der Waals surface area contributed by atoms with Gasteiger partial charge >= 0.3 is 0 Å². The lowest BCUT2D eigenvalue weighted by atomic mass is 9.81. The molecule has 21 heavy (non-hydrogen) atoms. The van der Waals surface area contributed by atoms with Crippen LogP contribution in [0.3, 0.4) is 0 Å². The largest absolute Gasteiger partial charge is 0.355 e. The summed E-state index contributed by atoms with van der Waals surface area (Å²) in [6.45, 7) is 0.643. The molecule has 2 rings (SSSR count). The number of nitrogens with one attached hydrogen (secondary N) is 1. The number of imide groups is 3. The molecule has 2 fully saturated rings. The van der Waals surface area contributed by atoms with E-state index < -0.39 is 0 Å². The van der Waals surface area contributed by atoms with Crippen LogP contribution >= 0.6 is 22.6 Å². The highest BCUT2D eigenvalue weighted by atomic mass is 127. The molecule has 0 unspecified atom stereocenters. The van der Waals surface area contributed by atoms with E-state index in [0.29, 0.717) is 29.7 Å². The lowest BCUT2D eigenvalue weighted by Gasteiger charge is -2.29. The molecule has 1 saturated carbocycles. The van der Waals surface area contributed by atoms with Crippen molar-refractivity contribution in [3.8, 4) is 0 Å². The Balaban J connectivity index is 1.81. The van der Waals surface area contributed by atoms with Gasteiger partial charge in [0.1, 0.15) is 0 Å². The van der Waals surface area contributed by atoms with Gasteiger partial charge in [-0.1, -0.05) is 22.6 Å². The normalized spacial score (nSPS) is 26.0. The summed E-state index contributed by atoms with van der Waals surface area (Å²) in [4.78, 5) is 47.5. The fraction of sp³-hybridized carbons (Fsp3) is 0.714. The number of carbonyl (C=O) groups is 4. The quantitative estimate of drug-likeness (QED) is 0.429. The molecule has 116 valence electrons. The van der Waals surface area contributed by atoms with Crippen molar-refractivity contribution in [3.05, 3.63) is 0 Å². The van der Waals surface area contributed by atoms with Crippen LogP contribution in [0.4, 0.5) is 0 Å². The van der Waals surface area contributed by atoms with Gasteiger partial charge in [-0.15, -0.1) is 0 Å². The van der Waals surface area contributed by atoms with Crippen LogP contribution in [0.25, 0.3) is 0 Å². The molecule has 1 heterocycles. The number of likely N-dealkylation sites (tertiary alicyclic amines) is 1. The van der Waals surface area contributed by atoms with Crippen LogP contribution in [-0.2, 0) is 19.2 Å². The average molecular weight is 406 g/mol.